The molecule has 116 valence electrons. The van der Waals surface area contributed by atoms with Crippen molar-refractivity contribution >= 4 is 11.6 Å². The number of hydrogen-bond acceptors (Lipinski definition) is 2. The molecule has 0 radical (unpaired) electrons. The molecular weight excluding hydrogens is 272 g/mol. The molecule has 1 spiro atoms. The summed E-state index contributed by atoms with van der Waals surface area (Å²) in [5.74, 6) is 0.646. The van der Waals surface area contributed by atoms with Crippen molar-refractivity contribution < 1.29 is 9.59 Å². The first kappa shape index (κ1) is 13.3. The van der Waals surface area contributed by atoms with Crippen LogP contribution in [0.25, 0.3) is 0 Å². The van der Waals surface area contributed by atoms with Gasteiger partial charge in [-0.15, -0.1) is 0 Å². The number of carbonyl (C=O) groups is 2. The Bertz CT molecular complexity index is 754. The highest BCUT2D eigenvalue weighted by molar-refractivity contribution is 6.17. The van der Waals surface area contributed by atoms with Crippen molar-refractivity contribution in [1.29, 1.82) is 0 Å². The van der Waals surface area contributed by atoms with E-state index < -0.39 is 16.2 Å². The van der Waals surface area contributed by atoms with Crippen LogP contribution in [0.2, 0.25) is 0 Å². The third-order valence-corrected chi connectivity index (χ3v) is 8.78. The monoisotopic (exact) mass is 296 g/mol. The number of Topliss-reactive ketones (excluding diaryl/α,β-unsaturated/α-hetero) is 2. The molecule has 2 nitrogen and oxygen atoms in total. The zero-order valence-corrected chi connectivity index (χ0v) is 14.1. The molecule has 0 aliphatic heterocycles. The Balaban J connectivity index is 1.97. The Morgan fingerprint density at radius 2 is 1.41 bits per heavy atom. The van der Waals surface area contributed by atoms with E-state index in [-0.39, 0.29) is 11.2 Å². The van der Waals surface area contributed by atoms with Gasteiger partial charge in [0.05, 0.1) is 16.2 Å². The fourth-order valence-electron chi connectivity index (χ4n) is 7.97. The molecule has 2 saturated carbocycles. The van der Waals surface area contributed by atoms with Crippen LogP contribution in [0.4, 0.5) is 0 Å². The number of fused-ring (bicyclic) bond motifs is 5. The maximum Gasteiger partial charge on any atom is 0.166 e. The average Bonchev–Trinajstić information content (AvgIpc) is 3.22. The van der Waals surface area contributed by atoms with Gasteiger partial charge in [-0.1, -0.05) is 23.6 Å². The minimum absolute atomic E-state index is 0.198. The third-order valence-electron chi connectivity index (χ3n) is 8.78. The van der Waals surface area contributed by atoms with Crippen molar-refractivity contribution in [2.45, 2.75) is 66.2 Å². The molecule has 5 aliphatic rings. The second-order valence-corrected chi connectivity index (χ2v) is 8.71. The largest absolute Gasteiger partial charge is 0.298 e. The zero-order chi connectivity index (χ0) is 15.7. The highest BCUT2D eigenvalue weighted by atomic mass is 16.1. The number of ketones is 2. The van der Waals surface area contributed by atoms with Gasteiger partial charge in [0.1, 0.15) is 0 Å². The summed E-state index contributed by atoms with van der Waals surface area (Å²) in [7, 11) is 0. The molecule has 0 saturated heterocycles. The Hall–Kier alpha value is -1.18. The van der Waals surface area contributed by atoms with Crippen LogP contribution in [0.15, 0.2) is 22.3 Å². The van der Waals surface area contributed by atoms with Crippen molar-refractivity contribution in [2.24, 2.45) is 21.7 Å². The molecule has 5 aliphatic carbocycles. The van der Waals surface area contributed by atoms with E-state index in [0.29, 0.717) is 5.78 Å². The number of hydrogen-bond donors (Lipinski definition) is 0. The second kappa shape index (κ2) is 3.20. The average molecular weight is 296 g/mol. The molecule has 22 heavy (non-hydrogen) atoms. The van der Waals surface area contributed by atoms with Gasteiger partial charge in [0, 0.05) is 5.41 Å². The van der Waals surface area contributed by atoms with E-state index in [0.717, 1.165) is 37.7 Å². The molecule has 0 aromatic carbocycles. The standard InChI is InChI=1S/C20H24O2/c1-11-12-9-6-10-20(12)18(3)14-8-5-7-13(14)17(2,16(18)22)19(20,4)15(11)21/h5-10H2,1-4H3. The topological polar surface area (TPSA) is 34.1 Å². The van der Waals surface area contributed by atoms with E-state index in [9.17, 15) is 9.59 Å². The fourth-order valence-corrected chi connectivity index (χ4v) is 7.97. The van der Waals surface area contributed by atoms with Gasteiger partial charge < -0.3 is 0 Å². The molecule has 5 rings (SSSR count). The zero-order valence-electron chi connectivity index (χ0n) is 14.1. The highest BCUT2D eigenvalue weighted by Gasteiger charge is 2.87. The summed E-state index contributed by atoms with van der Waals surface area (Å²) in [5.41, 5.74) is 3.45. The molecule has 0 amide bonds. The molecule has 4 atom stereocenters. The van der Waals surface area contributed by atoms with Crippen LogP contribution in [-0.4, -0.2) is 11.6 Å². The summed E-state index contributed by atoms with van der Waals surface area (Å²) in [6, 6.07) is 0. The highest BCUT2D eigenvalue weighted by Crippen LogP contribution is 2.86. The van der Waals surface area contributed by atoms with Gasteiger partial charge in [0.15, 0.2) is 11.6 Å². The first-order valence-corrected chi connectivity index (χ1v) is 8.82. The number of carbonyl (C=O) groups excluding carboxylic acids is 2. The Morgan fingerprint density at radius 1 is 0.818 bits per heavy atom. The predicted octanol–water partition coefficient (Wildman–Crippen LogP) is 4.15. The lowest BCUT2D eigenvalue weighted by Crippen LogP contribution is -2.52. The molecule has 2 heteroatoms. The molecule has 0 N–H and O–H groups in total. The SMILES string of the molecule is CC1=C2CCCC23C2(C)C(=O)C(C)(C4=C2CCC4)C3(C)C1=O. The smallest absolute Gasteiger partial charge is 0.166 e. The molecule has 2 fully saturated rings. The molecule has 0 aromatic rings. The van der Waals surface area contributed by atoms with Gasteiger partial charge in [0.25, 0.3) is 0 Å². The lowest BCUT2D eigenvalue weighted by Gasteiger charge is -2.52. The van der Waals surface area contributed by atoms with Crippen molar-refractivity contribution in [3.05, 3.63) is 22.3 Å². The third kappa shape index (κ3) is 0.793. The van der Waals surface area contributed by atoms with Crippen LogP contribution < -0.4 is 0 Å². The molecule has 4 unspecified atom stereocenters. The minimum Gasteiger partial charge on any atom is -0.298 e. The van der Waals surface area contributed by atoms with E-state index in [2.05, 4.69) is 20.8 Å². The summed E-state index contributed by atoms with van der Waals surface area (Å²) in [6.45, 7) is 8.48. The van der Waals surface area contributed by atoms with Crippen LogP contribution in [-0.2, 0) is 9.59 Å². The second-order valence-electron chi connectivity index (χ2n) is 8.71. The van der Waals surface area contributed by atoms with Crippen LogP contribution in [0, 0.1) is 21.7 Å². The summed E-state index contributed by atoms with van der Waals surface area (Å²) >= 11 is 0. The lowest BCUT2D eigenvalue weighted by molar-refractivity contribution is -0.137. The van der Waals surface area contributed by atoms with Crippen LogP contribution in [0.5, 0.6) is 0 Å². The van der Waals surface area contributed by atoms with E-state index in [1.165, 1.54) is 23.1 Å². The summed E-state index contributed by atoms with van der Waals surface area (Å²) in [4.78, 5) is 27.0. The molecular formula is C20H24O2. The Labute approximate surface area is 132 Å². The van der Waals surface area contributed by atoms with E-state index in [1.54, 1.807) is 0 Å². The van der Waals surface area contributed by atoms with Gasteiger partial charge in [-0.05, 0) is 64.9 Å². The van der Waals surface area contributed by atoms with Gasteiger partial charge in [-0.2, -0.15) is 0 Å². The summed E-state index contributed by atoms with van der Waals surface area (Å²) < 4.78 is 0. The van der Waals surface area contributed by atoms with Crippen molar-refractivity contribution in [3.8, 4) is 0 Å². The van der Waals surface area contributed by atoms with E-state index in [1.807, 2.05) is 6.92 Å². The first-order chi connectivity index (χ1) is 10.3. The minimum atomic E-state index is -0.544. The van der Waals surface area contributed by atoms with Crippen molar-refractivity contribution in [2.75, 3.05) is 0 Å². The van der Waals surface area contributed by atoms with Gasteiger partial charge in [-0.3, -0.25) is 9.59 Å². The van der Waals surface area contributed by atoms with Crippen molar-refractivity contribution in [1.82, 2.24) is 0 Å². The van der Waals surface area contributed by atoms with Crippen LogP contribution >= 0.6 is 0 Å². The lowest BCUT2D eigenvalue weighted by atomic mass is 9.47. The quantitative estimate of drug-likeness (QED) is 0.629. The Kier molecular flexibility index (Phi) is 1.93. The predicted molar refractivity (Wildman–Crippen MR) is 84.2 cm³/mol. The molecule has 2 bridgehead atoms. The number of rotatable bonds is 0. The van der Waals surface area contributed by atoms with Gasteiger partial charge in [0.2, 0.25) is 0 Å². The summed E-state index contributed by atoms with van der Waals surface area (Å²) in [5, 5.41) is 0. The molecule has 0 heterocycles. The fraction of sp³-hybridized carbons (Fsp3) is 0.700. The van der Waals surface area contributed by atoms with Crippen molar-refractivity contribution in [3.63, 3.8) is 0 Å². The van der Waals surface area contributed by atoms with Gasteiger partial charge >= 0.3 is 0 Å². The Morgan fingerprint density at radius 3 is 2.09 bits per heavy atom. The maximum absolute atomic E-state index is 13.6. The maximum atomic E-state index is 13.6. The van der Waals surface area contributed by atoms with E-state index in [4.69, 9.17) is 0 Å². The van der Waals surface area contributed by atoms with Crippen LogP contribution in [0.3, 0.4) is 0 Å². The van der Waals surface area contributed by atoms with Gasteiger partial charge in [-0.25, -0.2) is 0 Å². The normalized spacial score (nSPS) is 52.0. The molecule has 0 aromatic heterocycles. The first-order valence-electron chi connectivity index (χ1n) is 8.82. The number of allylic oxidation sites excluding steroid dienone is 4. The van der Waals surface area contributed by atoms with E-state index >= 15 is 0 Å². The van der Waals surface area contributed by atoms with Crippen LogP contribution in [0.1, 0.15) is 66.2 Å². The summed E-state index contributed by atoms with van der Waals surface area (Å²) in [6.07, 6.45) is 6.45.